The molecule has 7 nitrogen and oxygen atoms in total. The second-order valence-corrected chi connectivity index (χ2v) is 7.76. The van der Waals surface area contributed by atoms with E-state index >= 15 is 0 Å². The molecule has 0 amide bonds. The maximum Gasteiger partial charge on any atom is 0.247 e. The topological polar surface area (TPSA) is 94.3 Å². The molecular formula is C18H17N3O4S. The standard InChI is InChI=1S/C18H17N3O4S/c22-26(23,16-6-3-5-14(10-16)18-20-19-12-25-18)21-15-9-8-13-4-1-2-7-17(13)24-11-15/h1-7,10,12,15,21H,8-9,11H2. The summed E-state index contributed by atoms with van der Waals surface area (Å²) in [4.78, 5) is 0.148. The third-order valence-corrected chi connectivity index (χ3v) is 5.77. The highest BCUT2D eigenvalue weighted by molar-refractivity contribution is 7.89. The van der Waals surface area contributed by atoms with E-state index in [1.165, 1.54) is 18.5 Å². The number of hydrogen-bond acceptors (Lipinski definition) is 6. The molecule has 4 rings (SSSR count). The van der Waals surface area contributed by atoms with Crippen LogP contribution in [0, 0.1) is 0 Å². The molecule has 0 bridgehead atoms. The number of benzene rings is 2. The lowest BCUT2D eigenvalue weighted by Gasteiger charge is -2.16. The molecule has 134 valence electrons. The van der Waals surface area contributed by atoms with E-state index in [2.05, 4.69) is 14.9 Å². The molecule has 0 saturated heterocycles. The van der Waals surface area contributed by atoms with Crippen LogP contribution in [0.25, 0.3) is 11.5 Å². The predicted molar refractivity (Wildman–Crippen MR) is 94.1 cm³/mol. The molecule has 0 spiro atoms. The Morgan fingerprint density at radius 2 is 2.00 bits per heavy atom. The fourth-order valence-electron chi connectivity index (χ4n) is 2.93. The van der Waals surface area contributed by atoms with E-state index in [0.717, 1.165) is 17.7 Å². The lowest BCUT2D eigenvalue weighted by molar-refractivity contribution is 0.284. The average Bonchev–Trinajstić information content (AvgIpc) is 3.12. The first-order valence-electron chi connectivity index (χ1n) is 8.21. The highest BCUT2D eigenvalue weighted by atomic mass is 32.2. The van der Waals surface area contributed by atoms with E-state index in [9.17, 15) is 8.42 Å². The van der Waals surface area contributed by atoms with Crippen molar-refractivity contribution in [3.8, 4) is 17.2 Å². The summed E-state index contributed by atoms with van der Waals surface area (Å²) in [6.07, 6.45) is 2.63. The number of nitrogens with one attached hydrogen (secondary N) is 1. The first kappa shape index (κ1) is 16.7. The Bertz CT molecular complexity index is 976. The summed E-state index contributed by atoms with van der Waals surface area (Å²) >= 11 is 0. The lowest BCUT2D eigenvalue weighted by Crippen LogP contribution is -2.38. The minimum Gasteiger partial charge on any atom is -0.492 e. The summed E-state index contributed by atoms with van der Waals surface area (Å²) in [6, 6.07) is 13.9. The molecule has 1 atom stereocenters. The van der Waals surface area contributed by atoms with Gasteiger partial charge in [-0.05, 0) is 42.7 Å². The number of rotatable bonds is 4. The molecule has 1 unspecified atom stereocenters. The van der Waals surface area contributed by atoms with Crippen molar-refractivity contribution in [3.63, 3.8) is 0 Å². The Morgan fingerprint density at radius 1 is 1.12 bits per heavy atom. The fraction of sp³-hybridized carbons (Fsp3) is 0.222. The molecular weight excluding hydrogens is 354 g/mol. The van der Waals surface area contributed by atoms with Gasteiger partial charge in [-0.2, -0.15) is 0 Å². The van der Waals surface area contributed by atoms with Crippen LogP contribution < -0.4 is 9.46 Å². The molecule has 0 aliphatic carbocycles. The van der Waals surface area contributed by atoms with Crippen LogP contribution in [0.15, 0.2) is 64.2 Å². The number of ether oxygens (including phenoxy) is 1. The van der Waals surface area contributed by atoms with Gasteiger partial charge in [0.05, 0.1) is 10.9 Å². The van der Waals surface area contributed by atoms with Crippen LogP contribution in [-0.4, -0.2) is 31.3 Å². The highest BCUT2D eigenvalue weighted by Gasteiger charge is 2.24. The molecule has 0 radical (unpaired) electrons. The Balaban J connectivity index is 1.52. The smallest absolute Gasteiger partial charge is 0.247 e. The van der Waals surface area contributed by atoms with Crippen molar-refractivity contribution in [3.05, 3.63) is 60.5 Å². The predicted octanol–water partition coefficient (Wildman–Crippen LogP) is 2.41. The first-order chi connectivity index (χ1) is 12.6. The minimum absolute atomic E-state index is 0.148. The van der Waals surface area contributed by atoms with Gasteiger partial charge in [0.1, 0.15) is 12.4 Å². The number of fused-ring (bicyclic) bond motifs is 1. The molecule has 1 aromatic heterocycles. The van der Waals surface area contributed by atoms with Gasteiger partial charge in [0.2, 0.25) is 22.3 Å². The van der Waals surface area contributed by atoms with E-state index in [4.69, 9.17) is 9.15 Å². The third kappa shape index (κ3) is 3.47. The zero-order valence-corrected chi connectivity index (χ0v) is 14.6. The zero-order chi connectivity index (χ0) is 18.0. The Labute approximate surface area is 151 Å². The number of aromatic nitrogens is 2. The second-order valence-electron chi connectivity index (χ2n) is 6.05. The molecule has 3 aromatic rings. The lowest BCUT2D eigenvalue weighted by atomic mass is 10.1. The van der Waals surface area contributed by atoms with Crippen LogP contribution in [0.3, 0.4) is 0 Å². The molecule has 2 aromatic carbocycles. The number of para-hydroxylation sites is 1. The van der Waals surface area contributed by atoms with Crippen LogP contribution in [0.4, 0.5) is 0 Å². The van der Waals surface area contributed by atoms with Gasteiger partial charge in [0.15, 0.2) is 0 Å². The average molecular weight is 371 g/mol. The van der Waals surface area contributed by atoms with Crippen LogP contribution in [0.1, 0.15) is 12.0 Å². The summed E-state index contributed by atoms with van der Waals surface area (Å²) < 4.78 is 39.2. The van der Waals surface area contributed by atoms with Crippen LogP contribution in [-0.2, 0) is 16.4 Å². The number of hydrogen-bond donors (Lipinski definition) is 1. The Hall–Kier alpha value is -2.71. The third-order valence-electron chi connectivity index (χ3n) is 4.25. The fourth-order valence-corrected chi connectivity index (χ4v) is 4.23. The molecule has 2 heterocycles. The molecule has 8 heteroatoms. The number of nitrogens with zero attached hydrogens (tertiary/aromatic N) is 2. The minimum atomic E-state index is -3.70. The SMILES string of the molecule is O=S(=O)(NC1CCc2ccccc2OC1)c1cccc(-c2nnco2)c1. The maximum absolute atomic E-state index is 12.8. The summed E-state index contributed by atoms with van der Waals surface area (Å²) in [6.45, 7) is 0.291. The van der Waals surface area contributed by atoms with Crippen molar-refractivity contribution in [1.29, 1.82) is 0 Å². The van der Waals surface area contributed by atoms with Crippen molar-refractivity contribution in [2.75, 3.05) is 6.61 Å². The van der Waals surface area contributed by atoms with Crippen molar-refractivity contribution in [1.82, 2.24) is 14.9 Å². The van der Waals surface area contributed by atoms with Crippen molar-refractivity contribution in [2.45, 2.75) is 23.8 Å². The van der Waals surface area contributed by atoms with Gasteiger partial charge in [-0.3, -0.25) is 0 Å². The Kier molecular flexibility index (Phi) is 4.44. The largest absolute Gasteiger partial charge is 0.492 e. The Morgan fingerprint density at radius 3 is 2.85 bits per heavy atom. The molecule has 0 saturated carbocycles. The van der Waals surface area contributed by atoms with Gasteiger partial charge in [0.25, 0.3) is 0 Å². The van der Waals surface area contributed by atoms with E-state index in [0.29, 0.717) is 18.6 Å². The molecule has 1 aliphatic heterocycles. The normalized spacial score (nSPS) is 17.2. The van der Waals surface area contributed by atoms with Gasteiger partial charge in [-0.15, -0.1) is 10.2 Å². The van der Waals surface area contributed by atoms with E-state index in [1.807, 2.05) is 24.3 Å². The molecule has 0 fully saturated rings. The summed E-state index contributed by atoms with van der Waals surface area (Å²) in [5, 5.41) is 7.42. The van der Waals surface area contributed by atoms with E-state index in [1.54, 1.807) is 12.1 Å². The maximum atomic E-state index is 12.8. The van der Waals surface area contributed by atoms with Gasteiger partial charge in [0, 0.05) is 5.56 Å². The van der Waals surface area contributed by atoms with Gasteiger partial charge in [-0.25, -0.2) is 13.1 Å². The van der Waals surface area contributed by atoms with Gasteiger partial charge < -0.3 is 9.15 Å². The van der Waals surface area contributed by atoms with Gasteiger partial charge in [-0.1, -0.05) is 24.3 Å². The number of sulfonamides is 1. The number of aryl methyl sites for hydroxylation is 1. The van der Waals surface area contributed by atoms with Crippen LogP contribution in [0.5, 0.6) is 5.75 Å². The second kappa shape index (κ2) is 6.89. The molecule has 1 aliphatic rings. The first-order valence-corrected chi connectivity index (χ1v) is 9.70. The van der Waals surface area contributed by atoms with Crippen molar-refractivity contribution < 1.29 is 17.6 Å². The van der Waals surface area contributed by atoms with Crippen molar-refractivity contribution in [2.24, 2.45) is 0 Å². The zero-order valence-electron chi connectivity index (χ0n) is 13.8. The summed E-state index contributed by atoms with van der Waals surface area (Å²) in [7, 11) is -3.70. The van der Waals surface area contributed by atoms with Crippen molar-refractivity contribution >= 4 is 10.0 Å². The summed E-state index contributed by atoms with van der Waals surface area (Å²) in [5.74, 6) is 1.09. The monoisotopic (exact) mass is 371 g/mol. The highest BCUT2D eigenvalue weighted by Crippen LogP contribution is 2.25. The van der Waals surface area contributed by atoms with E-state index < -0.39 is 10.0 Å². The summed E-state index contributed by atoms with van der Waals surface area (Å²) in [5.41, 5.74) is 1.64. The molecule has 1 N–H and O–H groups in total. The van der Waals surface area contributed by atoms with Gasteiger partial charge >= 0.3 is 0 Å². The van der Waals surface area contributed by atoms with E-state index in [-0.39, 0.29) is 16.8 Å². The van der Waals surface area contributed by atoms with Crippen LogP contribution >= 0.6 is 0 Å². The van der Waals surface area contributed by atoms with Crippen LogP contribution in [0.2, 0.25) is 0 Å². The molecule has 26 heavy (non-hydrogen) atoms. The quantitative estimate of drug-likeness (QED) is 0.757.